The Morgan fingerprint density at radius 1 is 1.58 bits per heavy atom. The van der Waals surface area contributed by atoms with E-state index in [1.807, 2.05) is 6.07 Å². The third-order valence-corrected chi connectivity index (χ3v) is 4.35. The van der Waals surface area contributed by atoms with Crippen molar-refractivity contribution in [2.45, 2.75) is 25.4 Å². The van der Waals surface area contributed by atoms with E-state index in [-0.39, 0.29) is 6.03 Å². The molecule has 5 nitrogen and oxygen atoms in total. The molecular formula is C12H15ClN2O3S. The van der Waals surface area contributed by atoms with Gasteiger partial charge in [-0.25, -0.2) is 9.59 Å². The summed E-state index contributed by atoms with van der Waals surface area (Å²) in [4.78, 5) is 27.2. The molecule has 0 radical (unpaired) electrons. The van der Waals surface area contributed by atoms with Gasteiger partial charge in [-0.1, -0.05) is 11.6 Å². The number of hydrogen-bond donors (Lipinski definition) is 1. The summed E-state index contributed by atoms with van der Waals surface area (Å²) in [5.74, 6) is -0.932. The summed E-state index contributed by atoms with van der Waals surface area (Å²) in [5.41, 5.74) is 0. The number of amides is 2. The maximum absolute atomic E-state index is 12.2. The lowest BCUT2D eigenvalue weighted by atomic mass is 10.2. The van der Waals surface area contributed by atoms with Crippen LogP contribution in [0.5, 0.6) is 0 Å². The van der Waals surface area contributed by atoms with Crippen LogP contribution in [-0.2, 0) is 11.3 Å². The molecule has 19 heavy (non-hydrogen) atoms. The quantitative estimate of drug-likeness (QED) is 0.933. The molecule has 1 aliphatic rings. The predicted octanol–water partition coefficient (Wildman–Crippen LogP) is 2.50. The van der Waals surface area contributed by atoms with Crippen LogP contribution in [0.3, 0.4) is 0 Å². The van der Waals surface area contributed by atoms with Crippen LogP contribution in [0.1, 0.15) is 17.7 Å². The number of likely N-dealkylation sites (tertiary alicyclic amines) is 1. The molecule has 1 aliphatic heterocycles. The van der Waals surface area contributed by atoms with Crippen molar-refractivity contribution in [3.63, 3.8) is 0 Å². The van der Waals surface area contributed by atoms with Gasteiger partial charge in [-0.2, -0.15) is 0 Å². The first-order chi connectivity index (χ1) is 8.99. The van der Waals surface area contributed by atoms with Gasteiger partial charge in [-0.15, -0.1) is 11.3 Å². The van der Waals surface area contributed by atoms with Crippen LogP contribution in [0, 0.1) is 0 Å². The Labute approximate surface area is 120 Å². The molecular weight excluding hydrogens is 288 g/mol. The molecule has 104 valence electrons. The summed E-state index contributed by atoms with van der Waals surface area (Å²) in [6.45, 7) is 0.949. The van der Waals surface area contributed by atoms with Gasteiger partial charge < -0.3 is 14.9 Å². The summed E-state index contributed by atoms with van der Waals surface area (Å²) in [6, 6.07) is 2.72. The number of aliphatic carboxylic acids is 1. The standard InChI is InChI=1S/C12H15ClN2O3S/c1-14(7-8-4-5-10(13)19-8)12(18)15-6-2-3-9(15)11(16)17/h4-5,9H,2-3,6-7H2,1H3,(H,16,17)/t9-/m1/s1. The van der Waals surface area contributed by atoms with E-state index in [1.54, 1.807) is 13.1 Å². The zero-order valence-electron chi connectivity index (χ0n) is 10.5. The van der Waals surface area contributed by atoms with E-state index < -0.39 is 12.0 Å². The molecule has 0 spiro atoms. The zero-order chi connectivity index (χ0) is 14.0. The Morgan fingerprint density at radius 3 is 2.89 bits per heavy atom. The number of nitrogens with zero attached hydrogens (tertiary/aromatic N) is 2. The zero-order valence-corrected chi connectivity index (χ0v) is 12.1. The van der Waals surface area contributed by atoms with Crippen LogP contribution >= 0.6 is 22.9 Å². The van der Waals surface area contributed by atoms with Crippen molar-refractivity contribution >= 4 is 34.9 Å². The monoisotopic (exact) mass is 302 g/mol. The number of thiophene rings is 1. The van der Waals surface area contributed by atoms with Crippen LogP contribution in [0.2, 0.25) is 4.34 Å². The van der Waals surface area contributed by atoms with E-state index in [2.05, 4.69) is 0 Å². The lowest BCUT2D eigenvalue weighted by Crippen LogP contribution is -2.46. The van der Waals surface area contributed by atoms with Crippen molar-refractivity contribution in [3.8, 4) is 0 Å². The third-order valence-electron chi connectivity index (χ3n) is 3.13. The summed E-state index contributed by atoms with van der Waals surface area (Å²) >= 11 is 7.26. The predicted molar refractivity (Wildman–Crippen MR) is 73.6 cm³/mol. The van der Waals surface area contributed by atoms with E-state index >= 15 is 0 Å². The van der Waals surface area contributed by atoms with Crippen LogP contribution in [-0.4, -0.2) is 46.5 Å². The molecule has 1 aromatic rings. The van der Waals surface area contributed by atoms with Crippen LogP contribution in [0.15, 0.2) is 12.1 Å². The van der Waals surface area contributed by atoms with Gasteiger partial charge in [0, 0.05) is 18.5 Å². The largest absolute Gasteiger partial charge is 0.480 e. The van der Waals surface area contributed by atoms with Crippen molar-refractivity contribution in [1.29, 1.82) is 0 Å². The molecule has 1 saturated heterocycles. The van der Waals surface area contributed by atoms with Gasteiger partial charge in [-0.05, 0) is 25.0 Å². The summed E-state index contributed by atoms with van der Waals surface area (Å²) < 4.78 is 0.681. The van der Waals surface area contributed by atoms with Gasteiger partial charge in [0.1, 0.15) is 6.04 Å². The normalized spacial score (nSPS) is 18.6. The second-order valence-corrected chi connectivity index (χ2v) is 6.33. The number of hydrogen-bond acceptors (Lipinski definition) is 3. The number of carbonyl (C=O) groups is 2. The number of rotatable bonds is 3. The number of halogens is 1. The highest BCUT2D eigenvalue weighted by Gasteiger charge is 2.35. The van der Waals surface area contributed by atoms with Gasteiger partial charge in [0.15, 0.2) is 0 Å². The summed E-state index contributed by atoms with van der Waals surface area (Å²) in [6.07, 6.45) is 1.27. The molecule has 0 aliphatic carbocycles. The second-order valence-electron chi connectivity index (χ2n) is 4.53. The topological polar surface area (TPSA) is 60.9 Å². The fraction of sp³-hybridized carbons (Fsp3) is 0.500. The molecule has 1 N–H and O–H groups in total. The van der Waals surface area contributed by atoms with E-state index in [0.717, 1.165) is 11.3 Å². The minimum Gasteiger partial charge on any atom is -0.480 e. The SMILES string of the molecule is CN(Cc1ccc(Cl)s1)C(=O)N1CCC[C@@H]1C(=O)O. The minimum absolute atomic E-state index is 0.241. The first kappa shape index (κ1) is 14.1. The molecule has 0 aromatic carbocycles. The first-order valence-corrected chi connectivity index (χ1v) is 7.17. The Hall–Kier alpha value is -1.27. The van der Waals surface area contributed by atoms with Gasteiger partial charge in [0.2, 0.25) is 0 Å². The highest BCUT2D eigenvalue weighted by atomic mass is 35.5. The Kier molecular flexibility index (Phi) is 4.31. The van der Waals surface area contributed by atoms with Crippen LogP contribution < -0.4 is 0 Å². The van der Waals surface area contributed by atoms with Crippen molar-refractivity contribution in [1.82, 2.24) is 9.80 Å². The van der Waals surface area contributed by atoms with Crippen molar-refractivity contribution < 1.29 is 14.7 Å². The molecule has 1 aromatic heterocycles. The minimum atomic E-state index is -0.932. The Bertz CT molecular complexity index is 491. The van der Waals surface area contributed by atoms with Crippen molar-refractivity contribution in [3.05, 3.63) is 21.3 Å². The van der Waals surface area contributed by atoms with Crippen molar-refractivity contribution in [2.24, 2.45) is 0 Å². The lowest BCUT2D eigenvalue weighted by molar-refractivity contribution is -0.141. The maximum atomic E-state index is 12.2. The smallest absolute Gasteiger partial charge is 0.326 e. The first-order valence-electron chi connectivity index (χ1n) is 5.98. The van der Waals surface area contributed by atoms with E-state index in [4.69, 9.17) is 16.7 Å². The molecule has 0 bridgehead atoms. The van der Waals surface area contributed by atoms with Crippen molar-refractivity contribution in [2.75, 3.05) is 13.6 Å². The molecule has 0 saturated carbocycles. The molecule has 1 atom stereocenters. The average molecular weight is 303 g/mol. The fourth-order valence-corrected chi connectivity index (χ4v) is 3.35. The van der Waals surface area contributed by atoms with E-state index in [9.17, 15) is 9.59 Å². The molecule has 2 amide bonds. The molecule has 7 heteroatoms. The summed E-state index contributed by atoms with van der Waals surface area (Å²) in [5, 5.41) is 9.08. The molecule has 1 fully saturated rings. The average Bonchev–Trinajstić information content (AvgIpc) is 2.97. The summed E-state index contributed by atoms with van der Waals surface area (Å²) in [7, 11) is 1.67. The molecule has 2 heterocycles. The van der Waals surface area contributed by atoms with E-state index in [1.165, 1.54) is 21.1 Å². The number of carbonyl (C=O) groups excluding carboxylic acids is 1. The van der Waals surface area contributed by atoms with E-state index in [0.29, 0.717) is 23.8 Å². The molecule has 2 rings (SSSR count). The molecule has 0 unspecified atom stereocenters. The third kappa shape index (κ3) is 3.19. The number of carboxylic acids is 1. The lowest BCUT2D eigenvalue weighted by Gasteiger charge is -2.27. The highest BCUT2D eigenvalue weighted by Crippen LogP contribution is 2.24. The van der Waals surface area contributed by atoms with Crippen LogP contribution in [0.4, 0.5) is 4.79 Å². The number of carboxylic acid groups (broad SMARTS) is 1. The Balaban J connectivity index is 2.00. The Morgan fingerprint density at radius 2 is 2.32 bits per heavy atom. The maximum Gasteiger partial charge on any atom is 0.326 e. The fourth-order valence-electron chi connectivity index (χ4n) is 2.21. The van der Waals surface area contributed by atoms with Gasteiger partial charge in [0.05, 0.1) is 10.9 Å². The van der Waals surface area contributed by atoms with Gasteiger partial charge >= 0.3 is 12.0 Å². The second kappa shape index (κ2) is 5.79. The number of urea groups is 1. The van der Waals surface area contributed by atoms with Crippen LogP contribution in [0.25, 0.3) is 0 Å². The van der Waals surface area contributed by atoms with Gasteiger partial charge in [-0.3, -0.25) is 0 Å². The highest BCUT2D eigenvalue weighted by molar-refractivity contribution is 7.16. The van der Waals surface area contributed by atoms with Gasteiger partial charge in [0.25, 0.3) is 0 Å².